The van der Waals surface area contributed by atoms with E-state index in [-0.39, 0.29) is 11.7 Å². The molecule has 2 aromatic heterocycles. The number of aromatic nitrogens is 4. The second kappa shape index (κ2) is 5.94. The lowest BCUT2D eigenvalue weighted by molar-refractivity contribution is 0.628. The highest BCUT2D eigenvalue weighted by atomic mass is 32.1. The maximum atomic E-state index is 13.0. The number of rotatable bonds is 4. The largest absolute Gasteiger partial charge is 0.325 e. The molecule has 2 heterocycles. The Morgan fingerprint density at radius 2 is 2.00 bits per heavy atom. The van der Waals surface area contributed by atoms with Crippen LogP contribution in [-0.2, 0) is 6.54 Å². The maximum absolute atomic E-state index is 13.0. The lowest BCUT2D eigenvalue weighted by Gasteiger charge is -2.07. The van der Waals surface area contributed by atoms with Crippen molar-refractivity contribution in [1.29, 1.82) is 0 Å². The normalized spacial score (nSPS) is 11.3. The highest BCUT2D eigenvalue weighted by molar-refractivity contribution is 7.12. The zero-order chi connectivity index (χ0) is 15.7. The molecule has 1 aromatic carbocycles. The number of nitrogens with two attached hydrogens (primary N) is 1. The van der Waals surface area contributed by atoms with Crippen molar-refractivity contribution in [3.63, 3.8) is 0 Å². The van der Waals surface area contributed by atoms with Crippen molar-refractivity contribution in [2.45, 2.75) is 26.3 Å². The standard InChI is InChI=1S/C15H16FN5S/c1-9(2)14-12(7-17)19-20-21(14)15-18-13(8-22-15)10-3-5-11(16)6-4-10/h3-6,8-9H,7,17H2,1-2H3. The SMILES string of the molecule is CC(C)c1c(CN)nnn1-c1nc(-c2ccc(F)cc2)cs1. The second-order valence-electron chi connectivity index (χ2n) is 5.21. The summed E-state index contributed by atoms with van der Waals surface area (Å²) in [4.78, 5) is 4.59. The minimum Gasteiger partial charge on any atom is -0.325 e. The van der Waals surface area contributed by atoms with Crippen LogP contribution in [0.15, 0.2) is 29.6 Å². The van der Waals surface area contributed by atoms with Gasteiger partial charge in [-0.15, -0.1) is 16.4 Å². The Morgan fingerprint density at radius 3 is 2.64 bits per heavy atom. The van der Waals surface area contributed by atoms with E-state index >= 15 is 0 Å². The van der Waals surface area contributed by atoms with Gasteiger partial charge in [0.25, 0.3) is 0 Å². The van der Waals surface area contributed by atoms with Crippen LogP contribution >= 0.6 is 11.3 Å². The minimum atomic E-state index is -0.259. The molecule has 0 bridgehead atoms. The van der Waals surface area contributed by atoms with Gasteiger partial charge in [-0.25, -0.2) is 9.37 Å². The van der Waals surface area contributed by atoms with Crippen molar-refractivity contribution in [2.24, 2.45) is 5.73 Å². The molecular weight excluding hydrogens is 301 g/mol. The van der Waals surface area contributed by atoms with Crippen LogP contribution in [-0.4, -0.2) is 20.0 Å². The van der Waals surface area contributed by atoms with Crippen molar-refractivity contribution in [1.82, 2.24) is 20.0 Å². The number of benzene rings is 1. The van der Waals surface area contributed by atoms with Crippen molar-refractivity contribution in [2.75, 3.05) is 0 Å². The summed E-state index contributed by atoms with van der Waals surface area (Å²) >= 11 is 1.47. The van der Waals surface area contributed by atoms with E-state index in [0.717, 1.165) is 27.8 Å². The number of thiazole rings is 1. The average Bonchev–Trinajstić information content (AvgIpc) is 3.14. The average molecular weight is 317 g/mol. The first-order valence-corrected chi connectivity index (χ1v) is 7.84. The molecule has 5 nitrogen and oxygen atoms in total. The molecule has 0 aliphatic rings. The van der Waals surface area contributed by atoms with Crippen LogP contribution in [0.3, 0.4) is 0 Å². The van der Waals surface area contributed by atoms with E-state index in [1.165, 1.54) is 23.5 Å². The summed E-state index contributed by atoms with van der Waals surface area (Å²) in [5.74, 6) is -0.0168. The number of halogens is 1. The monoisotopic (exact) mass is 317 g/mol. The third kappa shape index (κ3) is 2.65. The highest BCUT2D eigenvalue weighted by Gasteiger charge is 2.18. The molecule has 0 radical (unpaired) electrons. The molecule has 0 saturated carbocycles. The van der Waals surface area contributed by atoms with Gasteiger partial charge in [0.2, 0.25) is 5.13 Å². The summed E-state index contributed by atoms with van der Waals surface area (Å²) in [5, 5.41) is 11.0. The third-order valence-corrected chi connectivity index (χ3v) is 4.15. The molecule has 0 amide bonds. The summed E-state index contributed by atoms with van der Waals surface area (Å²) in [7, 11) is 0. The number of nitrogens with zero attached hydrogens (tertiary/aromatic N) is 4. The summed E-state index contributed by atoms with van der Waals surface area (Å²) in [6, 6.07) is 6.28. The summed E-state index contributed by atoms with van der Waals surface area (Å²) in [6.07, 6.45) is 0. The summed E-state index contributed by atoms with van der Waals surface area (Å²) in [5.41, 5.74) is 9.14. The van der Waals surface area contributed by atoms with Crippen LogP contribution in [0.5, 0.6) is 0 Å². The van der Waals surface area contributed by atoms with Gasteiger partial charge in [0.15, 0.2) is 0 Å². The molecule has 7 heteroatoms. The van der Waals surface area contributed by atoms with E-state index < -0.39 is 0 Å². The first-order chi connectivity index (χ1) is 10.6. The van der Waals surface area contributed by atoms with Gasteiger partial charge in [0, 0.05) is 17.5 Å². The zero-order valence-corrected chi connectivity index (χ0v) is 13.1. The van der Waals surface area contributed by atoms with Crippen molar-refractivity contribution in [3.8, 4) is 16.4 Å². The minimum absolute atomic E-state index is 0.242. The molecule has 114 valence electrons. The molecule has 0 aliphatic heterocycles. The van der Waals surface area contributed by atoms with Crippen molar-refractivity contribution < 1.29 is 4.39 Å². The quantitative estimate of drug-likeness (QED) is 0.802. The molecule has 3 aromatic rings. The predicted octanol–water partition coefficient (Wildman–Crippen LogP) is 3.11. The van der Waals surface area contributed by atoms with E-state index in [0.29, 0.717) is 6.54 Å². The Bertz CT molecular complexity index is 776. The molecule has 0 fully saturated rings. The van der Waals surface area contributed by atoms with Gasteiger partial charge in [0.05, 0.1) is 11.4 Å². The molecular formula is C15H16FN5S. The van der Waals surface area contributed by atoms with E-state index in [1.807, 2.05) is 5.38 Å². The van der Waals surface area contributed by atoms with E-state index in [4.69, 9.17) is 5.73 Å². The van der Waals surface area contributed by atoms with Gasteiger partial charge < -0.3 is 5.73 Å². The fourth-order valence-electron chi connectivity index (χ4n) is 2.30. The van der Waals surface area contributed by atoms with Crippen LogP contribution in [0.1, 0.15) is 31.2 Å². The molecule has 22 heavy (non-hydrogen) atoms. The van der Waals surface area contributed by atoms with Crippen LogP contribution in [0.4, 0.5) is 4.39 Å². The number of hydrogen-bond donors (Lipinski definition) is 1. The Kier molecular flexibility index (Phi) is 4.00. The van der Waals surface area contributed by atoms with Gasteiger partial charge in [-0.1, -0.05) is 19.1 Å². The van der Waals surface area contributed by atoms with Crippen LogP contribution in [0, 0.1) is 5.82 Å². The lowest BCUT2D eigenvalue weighted by atomic mass is 10.1. The fourth-order valence-corrected chi connectivity index (χ4v) is 3.09. The molecule has 0 spiro atoms. The lowest BCUT2D eigenvalue weighted by Crippen LogP contribution is -2.07. The third-order valence-electron chi connectivity index (χ3n) is 3.33. The summed E-state index contributed by atoms with van der Waals surface area (Å²) < 4.78 is 14.7. The van der Waals surface area contributed by atoms with Gasteiger partial charge >= 0.3 is 0 Å². The fraction of sp³-hybridized carbons (Fsp3) is 0.267. The topological polar surface area (TPSA) is 69.6 Å². The van der Waals surface area contributed by atoms with Crippen LogP contribution < -0.4 is 5.73 Å². The van der Waals surface area contributed by atoms with E-state index in [2.05, 4.69) is 29.1 Å². The van der Waals surface area contributed by atoms with Gasteiger partial charge in [-0.05, 0) is 30.2 Å². The van der Waals surface area contributed by atoms with E-state index in [1.54, 1.807) is 16.8 Å². The smallest absolute Gasteiger partial charge is 0.212 e. The zero-order valence-electron chi connectivity index (χ0n) is 12.3. The second-order valence-corrected chi connectivity index (χ2v) is 6.05. The molecule has 0 unspecified atom stereocenters. The molecule has 0 aliphatic carbocycles. The molecule has 0 atom stereocenters. The van der Waals surface area contributed by atoms with Crippen molar-refractivity contribution in [3.05, 3.63) is 46.9 Å². The van der Waals surface area contributed by atoms with Crippen molar-refractivity contribution >= 4 is 11.3 Å². The van der Waals surface area contributed by atoms with Gasteiger partial charge in [-0.3, -0.25) is 0 Å². The molecule has 0 saturated heterocycles. The Balaban J connectivity index is 2.01. The van der Waals surface area contributed by atoms with Crippen LogP contribution in [0.25, 0.3) is 16.4 Å². The highest BCUT2D eigenvalue weighted by Crippen LogP contribution is 2.27. The summed E-state index contributed by atoms with van der Waals surface area (Å²) in [6.45, 7) is 4.50. The molecule has 2 N–H and O–H groups in total. The predicted molar refractivity (Wildman–Crippen MR) is 84.4 cm³/mol. The Hall–Kier alpha value is -2.12. The number of hydrogen-bond acceptors (Lipinski definition) is 5. The maximum Gasteiger partial charge on any atom is 0.212 e. The van der Waals surface area contributed by atoms with Gasteiger partial charge in [0.1, 0.15) is 11.5 Å². The molecule has 3 rings (SSSR count). The van der Waals surface area contributed by atoms with E-state index in [9.17, 15) is 4.39 Å². The van der Waals surface area contributed by atoms with Crippen LogP contribution in [0.2, 0.25) is 0 Å². The Labute approximate surface area is 131 Å². The first-order valence-electron chi connectivity index (χ1n) is 6.96. The Morgan fingerprint density at radius 1 is 1.27 bits per heavy atom. The first kappa shape index (κ1) is 14.8. The van der Waals surface area contributed by atoms with Gasteiger partial charge in [-0.2, -0.15) is 4.68 Å².